The standard InChI is InChI=1S/C19H23N3O3/c1-25-12-11-21-19(24)15-6-8-17(9-7-15)22-18(23)10-5-14-3-2-4-16(20)13-14/h2-4,6-9,13H,5,10-12,20H2,1H3,(H,21,24)(H,22,23). The van der Waals surface area contributed by atoms with Crippen LogP contribution in [-0.4, -0.2) is 32.1 Å². The highest BCUT2D eigenvalue weighted by atomic mass is 16.5. The lowest BCUT2D eigenvalue weighted by atomic mass is 10.1. The van der Waals surface area contributed by atoms with Gasteiger partial charge >= 0.3 is 0 Å². The molecule has 0 fully saturated rings. The molecule has 0 aliphatic heterocycles. The zero-order valence-electron chi connectivity index (χ0n) is 14.2. The SMILES string of the molecule is COCCNC(=O)c1ccc(NC(=O)CCc2cccc(N)c2)cc1. The summed E-state index contributed by atoms with van der Waals surface area (Å²) in [6, 6.07) is 14.3. The van der Waals surface area contributed by atoms with Crippen LogP contribution in [-0.2, 0) is 16.0 Å². The van der Waals surface area contributed by atoms with Crippen LogP contribution in [0.2, 0.25) is 0 Å². The number of aryl methyl sites for hydroxylation is 1. The summed E-state index contributed by atoms with van der Waals surface area (Å²) in [4.78, 5) is 23.9. The molecule has 0 unspecified atom stereocenters. The molecule has 2 amide bonds. The van der Waals surface area contributed by atoms with Gasteiger partial charge in [-0.05, 0) is 48.4 Å². The van der Waals surface area contributed by atoms with Crippen molar-refractivity contribution >= 4 is 23.2 Å². The molecular formula is C19H23N3O3. The number of ether oxygens (including phenoxy) is 1. The highest BCUT2D eigenvalue weighted by Crippen LogP contribution is 2.12. The van der Waals surface area contributed by atoms with Crippen LogP contribution in [0.1, 0.15) is 22.3 Å². The van der Waals surface area contributed by atoms with Crippen molar-refractivity contribution in [2.45, 2.75) is 12.8 Å². The van der Waals surface area contributed by atoms with E-state index in [2.05, 4.69) is 10.6 Å². The van der Waals surface area contributed by atoms with E-state index >= 15 is 0 Å². The van der Waals surface area contributed by atoms with Gasteiger partial charge < -0.3 is 21.1 Å². The molecule has 0 heterocycles. The number of amides is 2. The Labute approximate surface area is 147 Å². The number of rotatable bonds is 8. The quantitative estimate of drug-likeness (QED) is 0.507. The Balaban J connectivity index is 1.81. The summed E-state index contributed by atoms with van der Waals surface area (Å²) < 4.78 is 4.88. The van der Waals surface area contributed by atoms with Gasteiger partial charge in [0.1, 0.15) is 0 Å². The van der Waals surface area contributed by atoms with Gasteiger partial charge in [0.25, 0.3) is 5.91 Å². The Kier molecular flexibility index (Phi) is 6.98. The minimum absolute atomic E-state index is 0.0836. The second kappa shape index (κ2) is 9.44. The van der Waals surface area contributed by atoms with E-state index in [1.165, 1.54) is 0 Å². The molecule has 2 aromatic carbocycles. The van der Waals surface area contributed by atoms with Gasteiger partial charge in [0.15, 0.2) is 0 Å². The van der Waals surface area contributed by atoms with Crippen molar-refractivity contribution in [3.05, 3.63) is 59.7 Å². The Morgan fingerprint density at radius 3 is 2.56 bits per heavy atom. The maximum Gasteiger partial charge on any atom is 0.251 e. The molecule has 0 bridgehead atoms. The van der Waals surface area contributed by atoms with Crippen LogP contribution in [0.25, 0.3) is 0 Å². The number of carbonyl (C=O) groups excluding carboxylic acids is 2. The van der Waals surface area contributed by atoms with Crippen molar-refractivity contribution in [1.29, 1.82) is 0 Å². The Hall–Kier alpha value is -2.86. The van der Waals surface area contributed by atoms with Gasteiger partial charge in [-0.3, -0.25) is 9.59 Å². The molecule has 0 radical (unpaired) electrons. The van der Waals surface area contributed by atoms with Gasteiger partial charge in [-0.15, -0.1) is 0 Å². The first-order valence-corrected chi connectivity index (χ1v) is 8.10. The number of nitrogens with one attached hydrogen (secondary N) is 2. The molecule has 0 aliphatic rings. The van der Waals surface area contributed by atoms with Crippen LogP contribution in [0.15, 0.2) is 48.5 Å². The molecule has 6 nitrogen and oxygen atoms in total. The Bertz CT molecular complexity index is 714. The van der Waals surface area contributed by atoms with Crippen molar-refractivity contribution in [3.8, 4) is 0 Å². The summed E-state index contributed by atoms with van der Waals surface area (Å²) in [6.07, 6.45) is 0.986. The lowest BCUT2D eigenvalue weighted by Gasteiger charge is -2.08. The smallest absolute Gasteiger partial charge is 0.251 e. The second-order valence-electron chi connectivity index (χ2n) is 5.62. The molecular weight excluding hydrogens is 318 g/mol. The van der Waals surface area contributed by atoms with E-state index in [4.69, 9.17) is 10.5 Å². The van der Waals surface area contributed by atoms with Crippen molar-refractivity contribution in [1.82, 2.24) is 5.32 Å². The molecule has 2 aromatic rings. The number of methoxy groups -OCH3 is 1. The minimum atomic E-state index is -0.170. The van der Waals surface area contributed by atoms with E-state index in [0.29, 0.717) is 42.9 Å². The average molecular weight is 341 g/mol. The Morgan fingerprint density at radius 1 is 1.12 bits per heavy atom. The summed E-state index contributed by atoms with van der Waals surface area (Å²) in [5.41, 5.74) is 8.64. The first kappa shape index (κ1) is 18.5. The zero-order chi connectivity index (χ0) is 18.1. The third-order valence-corrected chi connectivity index (χ3v) is 3.61. The normalized spacial score (nSPS) is 10.3. The molecule has 0 aromatic heterocycles. The molecule has 132 valence electrons. The number of nitrogens with two attached hydrogens (primary N) is 1. The number of hydrogen-bond donors (Lipinski definition) is 3. The fourth-order valence-electron chi connectivity index (χ4n) is 2.30. The zero-order valence-corrected chi connectivity index (χ0v) is 14.2. The van der Waals surface area contributed by atoms with E-state index in [9.17, 15) is 9.59 Å². The number of benzene rings is 2. The lowest BCUT2D eigenvalue weighted by Crippen LogP contribution is -2.26. The topological polar surface area (TPSA) is 93.5 Å². The lowest BCUT2D eigenvalue weighted by molar-refractivity contribution is -0.116. The minimum Gasteiger partial charge on any atom is -0.399 e. The van der Waals surface area contributed by atoms with E-state index in [1.807, 2.05) is 24.3 Å². The van der Waals surface area contributed by atoms with Gasteiger partial charge in [0.2, 0.25) is 5.91 Å². The third kappa shape index (κ3) is 6.27. The second-order valence-corrected chi connectivity index (χ2v) is 5.62. The molecule has 25 heavy (non-hydrogen) atoms. The average Bonchev–Trinajstić information content (AvgIpc) is 2.61. The molecule has 0 saturated carbocycles. The number of anilines is 2. The number of carbonyl (C=O) groups is 2. The first-order valence-electron chi connectivity index (χ1n) is 8.10. The van der Waals surface area contributed by atoms with Gasteiger partial charge in [-0.2, -0.15) is 0 Å². The predicted molar refractivity (Wildman–Crippen MR) is 98.5 cm³/mol. The van der Waals surface area contributed by atoms with Gasteiger partial charge in [-0.1, -0.05) is 12.1 Å². The van der Waals surface area contributed by atoms with E-state index in [-0.39, 0.29) is 11.8 Å². The van der Waals surface area contributed by atoms with Crippen LogP contribution >= 0.6 is 0 Å². The van der Waals surface area contributed by atoms with Crippen LogP contribution in [0.3, 0.4) is 0 Å². The molecule has 0 saturated heterocycles. The van der Waals surface area contributed by atoms with Crippen molar-refractivity contribution in [2.24, 2.45) is 0 Å². The largest absolute Gasteiger partial charge is 0.399 e. The predicted octanol–water partition coefficient (Wildman–Crippen LogP) is 2.22. The maximum atomic E-state index is 12.0. The summed E-state index contributed by atoms with van der Waals surface area (Å²) in [5.74, 6) is -0.253. The Morgan fingerprint density at radius 2 is 1.88 bits per heavy atom. The van der Waals surface area contributed by atoms with Crippen LogP contribution in [0.4, 0.5) is 11.4 Å². The molecule has 6 heteroatoms. The maximum absolute atomic E-state index is 12.0. The van der Waals surface area contributed by atoms with Gasteiger partial charge in [-0.25, -0.2) is 0 Å². The molecule has 0 atom stereocenters. The van der Waals surface area contributed by atoms with Crippen LogP contribution < -0.4 is 16.4 Å². The fourth-order valence-corrected chi connectivity index (χ4v) is 2.30. The highest BCUT2D eigenvalue weighted by Gasteiger charge is 2.07. The molecule has 0 spiro atoms. The van der Waals surface area contributed by atoms with Crippen LogP contribution in [0.5, 0.6) is 0 Å². The monoisotopic (exact) mass is 341 g/mol. The van der Waals surface area contributed by atoms with Crippen molar-refractivity contribution in [3.63, 3.8) is 0 Å². The molecule has 2 rings (SSSR count). The van der Waals surface area contributed by atoms with Crippen molar-refractivity contribution in [2.75, 3.05) is 31.3 Å². The summed E-state index contributed by atoms with van der Waals surface area (Å²) in [5, 5.41) is 5.56. The van der Waals surface area contributed by atoms with E-state index in [0.717, 1.165) is 5.56 Å². The third-order valence-electron chi connectivity index (χ3n) is 3.61. The van der Waals surface area contributed by atoms with Crippen LogP contribution in [0, 0.1) is 0 Å². The highest BCUT2D eigenvalue weighted by molar-refractivity contribution is 5.95. The molecule has 0 aliphatic carbocycles. The summed E-state index contributed by atoms with van der Waals surface area (Å²) in [7, 11) is 1.58. The molecule has 4 N–H and O–H groups in total. The number of nitrogen functional groups attached to an aromatic ring is 1. The van der Waals surface area contributed by atoms with Gasteiger partial charge in [0, 0.05) is 37.0 Å². The summed E-state index contributed by atoms with van der Waals surface area (Å²) >= 11 is 0. The van der Waals surface area contributed by atoms with E-state index < -0.39 is 0 Å². The van der Waals surface area contributed by atoms with E-state index in [1.54, 1.807) is 31.4 Å². The first-order chi connectivity index (χ1) is 12.1. The summed E-state index contributed by atoms with van der Waals surface area (Å²) in [6.45, 7) is 0.921. The van der Waals surface area contributed by atoms with Gasteiger partial charge in [0.05, 0.1) is 6.61 Å². The van der Waals surface area contributed by atoms with Crippen molar-refractivity contribution < 1.29 is 14.3 Å². The number of hydrogen-bond acceptors (Lipinski definition) is 4. The fraction of sp³-hybridized carbons (Fsp3) is 0.263.